The molecule has 0 saturated carbocycles. The van der Waals surface area contributed by atoms with Crippen molar-refractivity contribution in [2.24, 2.45) is 0 Å². The highest BCUT2D eigenvalue weighted by Crippen LogP contribution is 2.28. The fraction of sp³-hybridized carbons (Fsp3) is 0.200. The van der Waals surface area contributed by atoms with E-state index in [0.717, 1.165) is 16.3 Å². The van der Waals surface area contributed by atoms with Gasteiger partial charge in [0.2, 0.25) is 0 Å². The van der Waals surface area contributed by atoms with E-state index in [9.17, 15) is 4.79 Å². The number of thioether (sulfide) groups is 1. The molecule has 0 bridgehead atoms. The minimum atomic E-state index is -0.836. The average molecular weight is 254 g/mol. The smallest absolute Gasteiger partial charge is 0.313 e. The van der Waals surface area contributed by atoms with Gasteiger partial charge in [-0.05, 0) is 18.4 Å². The van der Waals surface area contributed by atoms with Gasteiger partial charge in [-0.2, -0.15) is 0 Å². The molecule has 6 heteroatoms. The number of aromatic nitrogens is 2. The molecule has 0 aromatic carbocycles. The molecule has 0 radical (unpaired) electrons. The summed E-state index contributed by atoms with van der Waals surface area (Å²) in [6.45, 7) is 1.94. The van der Waals surface area contributed by atoms with Crippen molar-refractivity contribution in [1.29, 1.82) is 0 Å². The fourth-order valence-corrected chi connectivity index (χ4v) is 2.70. The normalized spacial score (nSPS) is 10.6. The summed E-state index contributed by atoms with van der Waals surface area (Å²) in [6, 6.07) is 3.97. The Morgan fingerprint density at radius 2 is 2.50 bits per heavy atom. The Bertz CT molecular complexity index is 491. The van der Waals surface area contributed by atoms with E-state index in [1.54, 1.807) is 11.3 Å². The van der Waals surface area contributed by atoms with E-state index >= 15 is 0 Å². The molecule has 2 rings (SSSR count). The third kappa shape index (κ3) is 2.45. The highest BCUT2D eigenvalue weighted by Gasteiger charge is 2.10. The van der Waals surface area contributed by atoms with E-state index in [1.807, 2.05) is 24.4 Å². The molecule has 0 unspecified atom stereocenters. The van der Waals surface area contributed by atoms with Crippen LogP contribution in [-0.2, 0) is 4.79 Å². The number of hydrogen-bond acceptors (Lipinski definition) is 4. The van der Waals surface area contributed by atoms with Crippen molar-refractivity contribution >= 4 is 29.1 Å². The van der Waals surface area contributed by atoms with Crippen LogP contribution in [0.3, 0.4) is 0 Å². The second-order valence-corrected chi connectivity index (χ2v) is 5.09. The van der Waals surface area contributed by atoms with Crippen molar-refractivity contribution in [3.05, 3.63) is 23.2 Å². The number of thiophene rings is 1. The van der Waals surface area contributed by atoms with Gasteiger partial charge in [-0.15, -0.1) is 11.3 Å². The highest BCUT2D eigenvalue weighted by molar-refractivity contribution is 7.99. The van der Waals surface area contributed by atoms with Crippen molar-refractivity contribution in [2.45, 2.75) is 12.1 Å². The van der Waals surface area contributed by atoms with Gasteiger partial charge in [0.1, 0.15) is 5.69 Å². The van der Waals surface area contributed by atoms with Gasteiger partial charge in [-0.1, -0.05) is 17.8 Å². The number of nitrogens with one attached hydrogen (secondary N) is 1. The quantitative estimate of drug-likeness (QED) is 0.823. The van der Waals surface area contributed by atoms with Gasteiger partial charge in [0.05, 0.1) is 10.6 Å². The minimum absolute atomic E-state index is 0.0246. The highest BCUT2D eigenvalue weighted by atomic mass is 32.2. The second kappa shape index (κ2) is 4.71. The summed E-state index contributed by atoms with van der Waals surface area (Å²) in [5.41, 5.74) is 1.87. The zero-order valence-electron chi connectivity index (χ0n) is 8.56. The van der Waals surface area contributed by atoms with E-state index in [-0.39, 0.29) is 5.75 Å². The van der Waals surface area contributed by atoms with E-state index in [1.165, 1.54) is 11.8 Å². The molecule has 0 fully saturated rings. The van der Waals surface area contributed by atoms with Crippen LogP contribution in [0, 0.1) is 6.92 Å². The van der Waals surface area contributed by atoms with Gasteiger partial charge in [0.25, 0.3) is 0 Å². The number of hydrogen-bond donors (Lipinski definition) is 2. The van der Waals surface area contributed by atoms with Crippen LogP contribution in [0.5, 0.6) is 0 Å². The largest absolute Gasteiger partial charge is 0.481 e. The summed E-state index contributed by atoms with van der Waals surface area (Å²) in [5, 5.41) is 11.2. The maximum absolute atomic E-state index is 10.4. The standard InChI is InChI=1S/C10H10N2O2S2/c1-6-9(7-3-2-4-15-7)12-10(11-6)16-5-8(13)14/h2-4H,5H2,1H3,(H,11,12)(H,13,14). The zero-order chi connectivity index (χ0) is 11.5. The van der Waals surface area contributed by atoms with Crippen LogP contribution in [0.25, 0.3) is 10.6 Å². The van der Waals surface area contributed by atoms with Gasteiger partial charge in [-0.25, -0.2) is 4.98 Å². The topological polar surface area (TPSA) is 66.0 Å². The third-order valence-electron chi connectivity index (χ3n) is 1.95. The van der Waals surface area contributed by atoms with E-state index in [4.69, 9.17) is 5.11 Å². The Balaban J connectivity index is 2.19. The number of H-pyrrole nitrogens is 1. The van der Waals surface area contributed by atoms with E-state index in [0.29, 0.717) is 5.16 Å². The predicted molar refractivity (Wildman–Crippen MR) is 65.0 cm³/mol. The molecule has 0 spiro atoms. The van der Waals surface area contributed by atoms with Crippen LogP contribution in [-0.4, -0.2) is 26.8 Å². The molecule has 0 amide bonds. The van der Waals surface area contributed by atoms with E-state index < -0.39 is 5.97 Å². The van der Waals surface area contributed by atoms with Gasteiger partial charge in [0.15, 0.2) is 5.16 Å². The lowest BCUT2D eigenvalue weighted by Crippen LogP contribution is -1.97. The molecule has 0 aliphatic rings. The molecular formula is C10H10N2O2S2. The molecule has 16 heavy (non-hydrogen) atoms. The molecule has 4 nitrogen and oxygen atoms in total. The molecule has 2 N–H and O–H groups in total. The first kappa shape index (κ1) is 11.2. The minimum Gasteiger partial charge on any atom is -0.481 e. The molecule has 0 atom stereocenters. The maximum Gasteiger partial charge on any atom is 0.313 e. The molecule has 0 aliphatic heterocycles. The van der Waals surface area contributed by atoms with Gasteiger partial charge < -0.3 is 10.1 Å². The second-order valence-electron chi connectivity index (χ2n) is 3.18. The first-order chi connectivity index (χ1) is 7.66. The number of imidazole rings is 1. The Hall–Kier alpha value is -1.27. The Morgan fingerprint density at radius 3 is 3.12 bits per heavy atom. The fourth-order valence-electron chi connectivity index (χ4n) is 1.28. The van der Waals surface area contributed by atoms with Crippen molar-refractivity contribution in [1.82, 2.24) is 9.97 Å². The first-order valence-electron chi connectivity index (χ1n) is 4.62. The summed E-state index contributed by atoms with van der Waals surface area (Å²) in [4.78, 5) is 19.0. The monoisotopic (exact) mass is 254 g/mol. The van der Waals surface area contributed by atoms with Crippen LogP contribution in [0.2, 0.25) is 0 Å². The summed E-state index contributed by atoms with van der Waals surface area (Å²) in [7, 11) is 0. The first-order valence-corrected chi connectivity index (χ1v) is 6.48. The molecule has 2 heterocycles. The van der Waals surface area contributed by atoms with Crippen LogP contribution < -0.4 is 0 Å². The molecule has 0 saturated heterocycles. The summed E-state index contributed by atoms with van der Waals surface area (Å²) >= 11 is 2.82. The number of aromatic amines is 1. The number of aliphatic carboxylic acids is 1. The number of nitrogens with zero attached hydrogens (tertiary/aromatic N) is 1. The lowest BCUT2D eigenvalue weighted by molar-refractivity contribution is -0.133. The predicted octanol–water partition coefficient (Wildman–Crippen LogP) is 2.62. The molecule has 2 aromatic heterocycles. The Morgan fingerprint density at radius 1 is 1.69 bits per heavy atom. The summed E-state index contributed by atoms with van der Waals surface area (Å²) in [6.07, 6.45) is 0. The van der Waals surface area contributed by atoms with Crippen LogP contribution in [0.15, 0.2) is 22.7 Å². The zero-order valence-corrected chi connectivity index (χ0v) is 10.2. The van der Waals surface area contributed by atoms with Crippen LogP contribution in [0.4, 0.5) is 0 Å². The number of carboxylic acid groups (broad SMARTS) is 1. The number of carboxylic acids is 1. The molecule has 84 valence electrons. The number of carbonyl (C=O) groups is 1. The molecular weight excluding hydrogens is 244 g/mol. The van der Waals surface area contributed by atoms with Crippen molar-refractivity contribution < 1.29 is 9.90 Å². The SMILES string of the molecule is Cc1[nH]c(SCC(=O)O)nc1-c1cccs1. The number of aryl methyl sites for hydroxylation is 1. The molecule has 0 aliphatic carbocycles. The third-order valence-corrected chi connectivity index (χ3v) is 3.68. The molecule has 2 aromatic rings. The van der Waals surface area contributed by atoms with Crippen molar-refractivity contribution in [2.75, 3.05) is 5.75 Å². The Labute approximate surface area is 101 Å². The maximum atomic E-state index is 10.4. The van der Waals surface area contributed by atoms with Crippen LogP contribution >= 0.6 is 23.1 Å². The average Bonchev–Trinajstić information content (AvgIpc) is 2.83. The lowest BCUT2D eigenvalue weighted by atomic mass is 10.3. The van der Waals surface area contributed by atoms with Crippen molar-refractivity contribution in [3.8, 4) is 10.6 Å². The van der Waals surface area contributed by atoms with Gasteiger partial charge >= 0.3 is 5.97 Å². The van der Waals surface area contributed by atoms with E-state index in [2.05, 4.69) is 9.97 Å². The van der Waals surface area contributed by atoms with Crippen LogP contribution in [0.1, 0.15) is 5.69 Å². The van der Waals surface area contributed by atoms with Crippen molar-refractivity contribution in [3.63, 3.8) is 0 Å². The summed E-state index contributed by atoms with van der Waals surface area (Å²) in [5.74, 6) is -0.812. The Kier molecular flexibility index (Phi) is 3.31. The number of rotatable bonds is 4. The van der Waals surface area contributed by atoms with Gasteiger partial charge in [0, 0.05) is 5.69 Å². The lowest BCUT2D eigenvalue weighted by Gasteiger charge is -1.91. The summed E-state index contributed by atoms with van der Waals surface area (Å²) < 4.78 is 0. The van der Waals surface area contributed by atoms with Gasteiger partial charge in [-0.3, -0.25) is 4.79 Å².